The molecule has 0 radical (unpaired) electrons. The van der Waals surface area contributed by atoms with Crippen molar-refractivity contribution < 1.29 is 4.79 Å². The molecular formula is C16H24N2OS2. The molecule has 3 nitrogen and oxygen atoms in total. The number of nitrogens with zero attached hydrogens (tertiary/aromatic N) is 1. The Morgan fingerprint density at radius 1 is 1.43 bits per heavy atom. The van der Waals surface area contributed by atoms with Crippen molar-refractivity contribution in [3.63, 3.8) is 0 Å². The summed E-state index contributed by atoms with van der Waals surface area (Å²) in [5.74, 6) is 0.305. The highest BCUT2D eigenvalue weighted by Crippen LogP contribution is 2.40. The summed E-state index contributed by atoms with van der Waals surface area (Å²) in [6.07, 6.45) is 6.76. The fourth-order valence-electron chi connectivity index (χ4n) is 3.62. The van der Waals surface area contributed by atoms with Crippen LogP contribution in [-0.2, 0) is 4.79 Å². The molecule has 1 amide bonds. The molecule has 1 aromatic heterocycles. The molecule has 1 aromatic rings. The van der Waals surface area contributed by atoms with Gasteiger partial charge in [-0.2, -0.15) is 11.8 Å². The second-order valence-corrected chi connectivity index (χ2v) is 8.39. The highest BCUT2D eigenvalue weighted by molar-refractivity contribution is 7.99. The van der Waals surface area contributed by atoms with Gasteiger partial charge in [0.15, 0.2) is 0 Å². The van der Waals surface area contributed by atoms with E-state index in [1.54, 1.807) is 0 Å². The second-order valence-electron chi connectivity index (χ2n) is 6.00. The number of carbonyl (C=O) groups excluding carboxylic acids is 1. The molecular weight excluding hydrogens is 300 g/mol. The number of aryl methyl sites for hydroxylation is 1. The molecule has 1 aliphatic carbocycles. The lowest BCUT2D eigenvalue weighted by Gasteiger charge is -2.33. The van der Waals surface area contributed by atoms with Crippen molar-refractivity contribution in [3.05, 3.63) is 21.9 Å². The van der Waals surface area contributed by atoms with E-state index in [1.807, 2.05) is 23.1 Å². The maximum absolute atomic E-state index is 12.8. The fourth-order valence-corrected chi connectivity index (χ4v) is 5.54. The van der Waals surface area contributed by atoms with E-state index in [4.69, 9.17) is 0 Å². The molecule has 4 atom stereocenters. The molecule has 3 rings (SSSR count). The van der Waals surface area contributed by atoms with Gasteiger partial charge in [-0.25, -0.2) is 0 Å². The number of hydrogen-bond acceptors (Lipinski definition) is 4. The largest absolute Gasteiger partial charge is 0.317 e. The minimum atomic E-state index is -0.0134. The molecule has 0 aromatic carbocycles. The molecule has 116 valence electrons. The van der Waals surface area contributed by atoms with Crippen molar-refractivity contribution in [2.75, 3.05) is 6.26 Å². The Labute approximate surface area is 135 Å². The highest BCUT2D eigenvalue weighted by atomic mass is 32.2. The van der Waals surface area contributed by atoms with E-state index in [-0.39, 0.29) is 12.2 Å². The van der Waals surface area contributed by atoms with Gasteiger partial charge in [0, 0.05) is 21.0 Å². The number of thiophene rings is 1. The van der Waals surface area contributed by atoms with Crippen LogP contribution in [0.15, 0.2) is 12.1 Å². The average Bonchev–Trinajstić information content (AvgIpc) is 3.16. The lowest BCUT2D eigenvalue weighted by Crippen LogP contribution is -2.43. The van der Waals surface area contributed by atoms with Gasteiger partial charge in [-0.1, -0.05) is 13.3 Å². The predicted molar refractivity (Wildman–Crippen MR) is 90.8 cm³/mol. The SMILES string of the molecule is CCC1NC(c2ccc(C)s2)N(C2CCCC2SC)C1=O. The first-order chi connectivity index (χ1) is 10.2. The van der Waals surface area contributed by atoms with E-state index in [1.165, 1.54) is 22.6 Å². The van der Waals surface area contributed by atoms with Crippen LogP contribution >= 0.6 is 23.1 Å². The third-order valence-electron chi connectivity index (χ3n) is 4.71. The first-order valence-electron chi connectivity index (χ1n) is 7.83. The monoisotopic (exact) mass is 324 g/mol. The van der Waals surface area contributed by atoms with Crippen LogP contribution in [0.1, 0.15) is 48.5 Å². The lowest BCUT2D eigenvalue weighted by molar-refractivity contribution is -0.132. The maximum atomic E-state index is 12.8. The van der Waals surface area contributed by atoms with E-state index in [0.29, 0.717) is 17.2 Å². The molecule has 1 saturated carbocycles. The zero-order valence-corrected chi connectivity index (χ0v) is 14.6. The number of hydrogen-bond donors (Lipinski definition) is 1. The molecule has 21 heavy (non-hydrogen) atoms. The molecule has 1 aliphatic heterocycles. The first kappa shape index (κ1) is 15.4. The number of nitrogens with one attached hydrogen (secondary N) is 1. The summed E-state index contributed by atoms with van der Waals surface area (Å²) in [7, 11) is 0. The summed E-state index contributed by atoms with van der Waals surface area (Å²) in [6, 6.07) is 4.72. The summed E-state index contributed by atoms with van der Waals surface area (Å²) in [5, 5.41) is 4.16. The minimum absolute atomic E-state index is 0.0134. The van der Waals surface area contributed by atoms with Crippen molar-refractivity contribution in [2.45, 2.75) is 63.0 Å². The van der Waals surface area contributed by atoms with Crippen LogP contribution in [-0.4, -0.2) is 34.4 Å². The Balaban J connectivity index is 1.91. The Hall–Kier alpha value is -0.520. The normalized spacial score (nSPS) is 33.1. The van der Waals surface area contributed by atoms with Crippen LogP contribution in [0.25, 0.3) is 0 Å². The summed E-state index contributed by atoms with van der Waals surface area (Å²) in [5.41, 5.74) is 0. The van der Waals surface area contributed by atoms with Crippen molar-refractivity contribution in [2.24, 2.45) is 0 Å². The Morgan fingerprint density at radius 2 is 2.24 bits per heavy atom. The van der Waals surface area contributed by atoms with Gasteiger partial charge < -0.3 is 4.90 Å². The second kappa shape index (κ2) is 6.31. The molecule has 2 fully saturated rings. The topological polar surface area (TPSA) is 32.3 Å². The van der Waals surface area contributed by atoms with Crippen LogP contribution in [0.5, 0.6) is 0 Å². The van der Waals surface area contributed by atoms with Gasteiger partial charge >= 0.3 is 0 Å². The van der Waals surface area contributed by atoms with Gasteiger partial charge in [-0.05, 0) is 44.6 Å². The number of rotatable bonds is 4. The van der Waals surface area contributed by atoms with E-state index >= 15 is 0 Å². The number of thioether (sulfide) groups is 1. The molecule has 1 N–H and O–H groups in total. The quantitative estimate of drug-likeness (QED) is 0.919. The van der Waals surface area contributed by atoms with E-state index in [9.17, 15) is 4.79 Å². The highest BCUT2D eigenvalue weighted by Gasteiger charge is 2.46. The van der Waals surface area contributed by atoms with Crippen molar-refractivity contribution in [1.29, 1.82) is 0 Å². The number of carbonyl (C=O) groups is 1. The summed E-state index contributed by atoms with van der Waals surface area (Å²) >= 11 is 3.73. The molecule has 1 saturated heterocycles. The number of amides is 1. The van der Waals surface area contributed by atoms with Gasteiger partial charge in [0.1, 0.15) is 6.17 Å². The maximum Gasteiger partial charge on any atom is 0.241 e. The van der Waals surface area contributed by atoms with Gasteiger partial charge in [0.05, 0.1) is 6.04 Å². The third-order valence-corrected chi connectivity index (χ3v) is 6.91. The van der Waals surface area contributed by atoms with Crippen LogP contribution in [0.2, 0.25) is 0 Å². The smallest absolute Gasteiger partial charge is 0.241 e. The van der Waals surface area contributed by atoms with Crippen molar-refractivity contribution in [3.8, 4) is 0 Å². The zero-order chi connectivity index (χ0) is 15.0. The van der Waals surface area contributed by atoms with Gasteiger partial charge in [-0.3, -0.25) is 10.1 Å². The molecule has 5 heteroatoms. The third kappa shape index (κ3) is 2.76. The van der Waals surface area contributed by atoms with E-state index < -0.39 is 0 Å². The Bertz CT molecular complexity index is 516. The van der Waals surface area contributed by atoms with Gasteiger partial charge in [-0.15, -0.1) is 11.3 Å². The Morgan fingerprint density at radius 3 is 2.86 bits per heavy atom. The summed E-state index contributed by atoms with van der Waals surface area (Å²) in [6.45, 7) is 4.23. The van der Waals surface area contributed by atoms with Crippen LogP contribution in [0, 0.1) is 6.92 Å². The minimum Gasteiger partial charge on any atom is -0.317 e. The summed E-state index contributed by atoms with van der Waals surface area (Å²) in [4.78, 5) is 17.6. The fraction of sp³-hybridized carbons (Fsp3) is 0.688. The predicted octanol–water partition coefficient (Wildman–Crippen LogP) is 3.55. The Kier molecular flexibility index (Phi) is 4.62. The molecule has 2 heterocycles. The van der Waals surface area contributed by atoms with Gasteiger partial charge in [0.25, 0.3) is 0 Å². The van der Waals surface area contributed by atoms with Crippen LogP contribution < -0.4 is 5.32 Å². The molecule has 4 unspecified atom stereocenters. The van der Waals surface area contributed by atoms with E-state index in [2.05, 4.69) is 42.5 Å². The van der Waals surface area contributed by atoms with Crippen molar-refractivity contribution in [1.82, 2.24) is 10.2 Å². The zero-order valence-electron chi connectivity index (χ0n) is 13.0. The standard InChI is InChI=1S/C16H24N2OS2/c1-4-11-16(19)18(12-6-5-7-13(12)20-3)15(17-11)14-9-8-10(2)21-14/h8-9,11-13,15,17H,4-7H2,1-3H3. The molecule has 2 aliphatic rings. The van der Waals surface area contributed by atoms with Crippen LogP contribution in [0.4, 0.5) is 0 Å². The van der Waals surface area contributed by atoms with E-state index in [0.717, 1.165) is 12.8 Å². The lowest BCUT2D eigenvalue weighted by atomic mass is 10.1. The van der Waals surface area contributed by atoms with Crippen LogP contribution in [0.3, 0.4) is 0 Å². The first-order valence-corrected chi connectivity index (χ1v) is 9.93. The van der Waals surface area contributed by atoms with Gasteiger partial charge in [0.2, 0.25) is 5.91 Å². The molecule has 0 bridgehead atoms. The molecule has 0 spiro atoms. The van der Waals surface area contributed by atoms with Crippen molar-refractivity contribution >= 4 is 29.0 Å². The summed E-state index contributed by atoms with van der Waals surface area (Å²) < 4.78 is 0. The average molecular weight is 325 g/mol.